The van der Waals surface area contributed by atoms with Gasteiger partial charge in [0.1, 0.15) is 11.2 Å². The maximum Gasteiger partial charge on any atom is 0.333 e. The second-order valence-corrected chi connectivity index (χ2v) is 22.4. The Kier molecular flexibility index (Phi) is 6.89. The summed E-state index contributed by atoms with van der Waals surface area (Å²) in [5, 5.41) is 7.49. The molecule has 11 aromatic rings. The molecule has 308 valence electrons. The Morgan fingerprint density at radius 1 is 0.516 bits per heavy atom. The number of benzene rings is 8. The molecule has 2 aliphatic heterocycles. The van der Waals surface area contributed by atoms with Crippen LogP contribution in [0.2, 0.25) is 0 Å². The number of nitrogens with zero attached hydrogens (tertiary/aromatic N) is 2. The zero-order chi connectivity index (χ0) is 43.3. The summed E-state index contributed by atoms with van der Waals surface area (Å²) in [6, 6.07) is 53.9. The average molecular weight is 843 g/mol. The van der Waals surface area contributed by atoms with Crippen molar-refractivity contribution in [3.05, 3.63) is 162 Å². The van der Waals surface area contributed by atoms with E-state index < -0.39 is 0 Å². The molecule has 0 saturated carbocycles. The standard InChI is InChI=1S/C59H47BN2OS/c1-57(2,3)32-17-20-34(21-18-32)62-49-29-46-40(35-22-19-33(58(4,5)6)25-45(35)59(46,7)8)26-41(49)38-23-24-39-42-27-43-36-13-9-11-15-51(36)63-52(43)30-48(42)61-50-31-54-44(37-14-10-12-16-53(37)64-54)28-47(50)60(62)55(38)56(39)61/h9-31H,1-8H3. The Bertz CT molecular complexity index is 3900. The molecule has 0 bridgehead atoms. The Labute approximate surface area is 377 Å². The SMILES string of the molecule is CC(C)(C)c1ccc(N2B3c4cc5c(cc4-n4c6cc7oc8ccccc8c7cc6c6ccc(c3c64)-c3cc4c(cc32)C(C)(C)c2cc(C(C)(C)C)ccc2-4)sc2ccccc25)cc1. The van der Waals surface area contributed by atoms with E-state index in [0.717, 1.165) is 21.9 Å². The molecule has 3 nitrogen and oxygen atoms in total. The predicted molar refractivity (Wildman–Crippen MR) is 275 cm³/mol. The van der Waals surface area contributed by atoms with Gasteiger partial charge in [-0.2, -0.15) is 0 Å². The molecule has 14 rings (SSSR count). The van der Waals surface area contributed by atoms with E-state index in [1.165, 1.54) is 114 Å². The molecule has 5 heteroatoms. The van der Waals surface area contributed by atoms with Crippen LogP contribution in [-0.4, -0.2) is 11.4 Å². The van der Waals surface area contributed by atoms with Gasteiger partial charge in [-0.25, -0.2) is 0 Å². The fraction of sp³-hybridized carbons (Fsp3) is 0.186. The Morgan fingerprint density at radius 3 is 2.03 bits per heavy atom. The number of para-hydroxylation sites is 1. The summed E-state index contributed by atoms with van der Waals surface area (Å²) in [4.78, 5) is 2.71. The molecular weight excluding hydrogens is 796 g/mol. The monoisotopic (exact) mass is 842 g/mol. The van der Waals surface area contributed by atoms with Crippen molar-refractivity contribution >= 4 is 104 Å². The van der Waals surface area contributed by atoms with E-state index in [1.54, 1.807) is 0 Å². The highest BCUT2D eigenvalue weighted by Crippen LogP contribution is 2.55. The Hall–Kier alpha value is -6.56. The zero-order valence-corrected chi connectivity index (χ0v) is 38.4. The van der Waals surface area contributed by atoms with Gasteiger partial charge in [-0.05, 0) is 109 Å². The number of furan rings is 1. The lowest BCUT2D eigenvalue weighted by atomic mass is 9.44. The molecule has 5 heterocycles. The zero-order valence-electron chi connectivity index (χ0n) is 37.6. The van der Waals surface area contributed by atoms with E-state index >= 15 is 0 Å². The van der Waals surface area contributed by atoms with Crippen LogP contribution in [0, 0.1) is 0 Å². The molecule has 0 N–H and O–H groups in total. The molecule has 0 fully saturated rings. The van der Waals surface area contributed by atoms with Gasteiger partial charge in [0.25, 0.3) is 0 Å². The number of hydrogen-bond acceptors (Lipinski definition) is 3. The highest BCUT2D eigenvalue weighted by atomic mass is 32.1. The summed E-state index contributed by atoms with van der Waals surface area (Å²) in [5.41, 5.74) is 21.5. The van der Waals surface area contributed by atoms with Gasteiger partial charge < -0.3 is 13.8 Å². The number of hydrogen-bond donors (Lipinski definition) is 0. The summed E-state index contributed by atoms with van der Waals surface area (Å²) in [6.45, 7) is 18.7. The van der Waals surface area contributed by atoms with Crippen molar-refractivity contribution in [2.75, 3.05) is 4.81 Å². The smallest absolute Gasteiger partial charge is 0.333 e. The van der Waals surface area contributed by atoms with Gasteiger partial charge in [0, 0.05) is 75.8 Å². The van der Waals surface area contributed by atoms with Crippen LogP contribution in [0.3, 0.4) is 0 Å². The minimum atomic E-state index is -0.174. The van der Waals surface area contributed by atoms with Crippen LogP contribution in [0.15, 0.2) is 144 Å². The lowest BCUT2D eigenvalue weighted by Crippen LogP contribution is -2.60. The number of fused-ring (bicyclic) bond motifs is 17. The number of rotatable bonds is 1. The third-order valence-corrected chi connectivity index (χ3v) is 16.4. The minimum absolute atomic E-state index is 0.0358. The largest absolute Gasteiger partial charge is 0.456 e. The molecule has 1 aliphatic carbocycles. The van der Waals surface area contributed by atoms with E-state index in [1.807, 2.05) is 11.3 Å². The molecule has 0 radical (unpaired) electrons. The van der Waals surface area contributed by atoms with Crippen LogP contribution in [0.1, 0.15) is 77.6 Å². The Morgan fingerprint density at radius 2 is 1.23 bits per heavy atom. The highest BCUT2D eigenvalue weighted by Gasteiger charge is 2.46. The summed E-state index contributed by atoms with van der Waals surface area (Å²) in [7, 11) is 0. The average Bonchev–Trinajstić information content (AvgIpc) is 3.99. The third kappa shape index (κ3) is 4.68. The molecule has 0 amide bonds. The lowest BCUT2D eigenvalue weighted by molar-refractivity contribution is 0.584. The van der Waals surface area contributed by atoms with Gasteiger partial charge in [-0.1, -0.05) is 140 Å². The quantitative estimate of drug-likeness (QED) is 0.154. The molecule has 0 atom stereocenters. The number of aromatic nitrogens is 1. The highest BCUT2D eigenvalue weighted by molar-refractivity contribution is 7.26. The first kappa shape index (κ1) is 36.9. The van der Waals surface area contributed by atoms with Crippen molar-refractivity contribution in [2.24, 2.45) is 0 Å². The van der Waals surface area contributed by atoms with Crippen LogP contribution >= 0.6 is 11.3 Å². The topological polar surface area (TPSA) is 21.3 Å². The van der Waals surface area contributed by atoms with Crippen molar-refractivity contribution in [1.29, 1.82) is 0 Å². The predicted octanol–water partition coefficient (Wildman–Crippen LogP) is 15.2. The van der Waals surface area contributed by atoms with Crippen molar-refractivity contribution < 1.29 is 4.42 Å². The van der Waals surface area contributed by atoms with Gasteiger partial charge in [0.15, 0.2) is 0 Å². The molecule has 0 spiro atoms. The molecule has 8 aromatic carbocycles. The second kappa shape index (κ2) is 12.0. The van der Waals surface area contributed by atoms with Gasteiger partial charge in [0.2, 0.25) is 0 Å². The van der Waals surface area contributed by atoms with Gasteiger partial charge in [0.05, 0.1) is 11.0 Å². The second-order valence-electron chi connectivity index (χ2n) is 21.3. The van der Waals surface area contributed by atoms with E-state index in [4.69, 9.17) is 4.42 Å². The van der Waals surface area contributed by atoms with E-state index in [2.05, 4.69) is 204 Å². The normalized spacial score (nSPS) is 14.9. The molecular formula is C59H47BN2OS. The molecule has 64 heavy (non-hydrogen) atoms. The molecule has 3 aromatic heterocycles. The van der Waals surface area contributed by atoms with Crippen LogP contribution in [0.5, 0.6) is 0 Å². The summed E-state index contributed by atoms with van der Waals surface area (Å²) < 4.78 is 11.9. The van der Waals surface area contributed by atoms with Crippen molar-refractivity contribution in [3.8, 4) is 27.9 Å². The third-order valence-electron chi connectivity index (χ3n) is 15.3. The first-order valence-corrected chi connectivity index (χ1v) is 23.7. The van der Waals surface area contributed by atoms with Gasteiger partial charge in [-0.3, -0.25) is 0 Å². The maximum atomic E-state index is 6.63. The van der Waals surface area contributed by atoms with Crippen molar-refractivity contribution in [1.82, 2.24) is 4.57 Å². The van der Waals surface area contributed by atoms with Crippen LogP contribution < -0.4 is 15.7 Å². The van der Waals surface area contributed by atoms with Crippen molar-refractivity contribution in [2.45, 2.75) is 71.6 Å². The van der Waals surface area contributed by atoms with Crippen LogP contribution in [0.25, 0.3) is 91.9 Å². The lowest BCUT2D eigenvalue weighted by Gasteiger charge is -2.42. The van der Waals surface area contributed by atoms with Gasteiger partial charge in [-0.15, -0.1) is 11.3 Å². The first-order chi connectivity index (χ1) is 30.7. The fourth-order valence-corrected chi connectivity index (χ4v) is 13.0. The van der Waals surface area contributed by atoms with Crippen LogP contribution in [0.4, 0.5) is 11.4 Å². The van der Waals surface area contributed by atoms with E-state index in [-0.39, 0.29) is 23.1 Å². The maximum absolute atomic E-state index is 6.63. The van der Waals surface area contributed by atoms with Gasteiger partial charge >= 0.3 is 6.85 Å². The molecule has 0 unspecified atom stereocenters. The molecule has 0 saturated heterocycles. The van der Waals surface area contributed by atoms with Crippen molar-refractivity contribution in [3.63, 3.8) is 0 Å². The number of thiophene rings is 1. The summed E-state index contributed by atoms with van der Waals surface area (Å²) in [6.07, 6.45) is 0. The molecule has 3 aliphatic rings. The minimum Gasteiger partial charge on any atom is -0.456 e. The summed E-state index contributed by atoms with van der Waals surface area (Å²) >= 11 is 1.90. The first-order valence-electron chi connectivity index (χ1n) is 22.9. The van der Waals surface area contributed by atoms with E-state index in [0.29, 0.717) is 0 Å². The fourth-order valence-electron chi connectivity index (χ4n) is 11.9. The summed E-state index contributed by atoms with van der Waals surface area (Å²) in [5.74, 6) is 0. The number of anilines is 2. The Balaban J connectivity index is 1.14. The van der Waals surface area contributed by atoms with Crippen LogP contribution in [-0.2, 0) is 16.2 Å². The van der Waals surface area contributed by atoms with E-state index in [9.17, 15) is 0 Å².